The molecule has 1 unspecified atom stereocenters. The van der Waals surface area contributed by atoms with Crippen molar-refractivity contribution in [1.29, 1.82) is 0 Å². The Morgan fingerprint density at radius 2 is 1.52 bits per heavy atom. The Labute approximate surface area is 198 Å². The monoisotopic (exact) mass is 484 g/mol. The van der Waals surface area contributed by atoms with Crippen LogP contribution < -0.4 is 19.5 Å². The first-order chi connectivity index (χ1) is 15.3. The first kappa shape index (κ1) is 27.5. The van der Waals surface area contributed by atoms with Gasteiger partial charge in [-0.25, -0.2) is 4.67 Å². The summed E-state index contributed by atoms with van der Waals surface area (Å²) in [5.41, 5.74) is 0.356. The molecule has 8 nitrogen and oxygen atoms in total. The van der Waals surface area contributed by atoms with Crippen molar-refractivity contribution in [3.8, 4) is 17.2 Å². The molecule has 0 aliphatic carbocycles. The summed E-state index contributed by atoms with van der Waals surface area (Å²) in [6.45, 7) is 13.7. The van der Waals surface area contributed by atoms with Crippen LogP contribution in [0, 0.1) is 5.41 Å². The van der Waals surface area contributed by atoms with Crippen molar-refractivity contribution in [2.45, 2.75) is 65.6 Å². The van der Waals surface area contributed by atoms with E-state index in [-0.39, 0.29) is 17.4 Å². The lowest BCUT2D eigenvalue weighted by atomic mass is 9.99. The number of hydrogen-bond acceptors (Lipinski definition) is 6. The lowest BCUT2D eigenvalue weighted by molar-refractivity contribution is 0.0918. The molecule has 33 heavy (non-hydrogen) atoms. The van der Waals surface area contributed by atoms with E-state index in [0.29, 0.717) is 55.4 Å². The van der Waals surface area contributed by atoms with Gasteiger partial charge in [-0.1, -0.05) is 20.8 Å². The van der Waals surface area contributed by atoms with E-state index in [2.05, 4.69) is 26.1 Å². The Kier molecular flexibility index (Phi) is 8.88. The van der Waals surface area contributed by atoms with E-state index >= 15 is 0 Å². The highest BCUT2D eigenvalue weighted by Crippen LogP contribution is 2.62. The minimum absolute atomic E-state index is 0.0242. The molecule has 1 aromatic carbocycles. The highest BCUT2D eigenvalue weighted by atomic mass is 31.2. The van der Waals surface area contributed by atoms with Gasteiger partial charge in [-0.2, -0.15) is 0 Å². The number of nitrogens with one attached hydrogen (secondary N) is 1. The predicted octanol–water partition coefficient (Wildman–Crippen LogP) is 4.96. The number of rotatable bonds is 8. The second kappa shape index (κ2) is 10.7. The third-order valence-electron chi connectivity index (χ3n) is 5.63. The van der Waals surface area contributed by atoms with Gasteiger partial charge in [0.1, 0.15) is 0 Å². The van der Waals surface area contributed by atoms with Crippen LogP contribution in [0.4, 0.5) is 0 Å². The van der Waals surface area contributed by atoms with Crippen molar-refractivity contribution in [2.75, 3.05) is 41.0 Å². The summed E-state index contributed by atoms with van der Waals surface area (Å²) in [4.78, 5) is 12.9. The van der Waals surface area contributed by atoms with Crippen LogP contribution in [-0.2, 0) is 9.09 Å². The summed E-state index contributed by atoms with van der Waals surface area (Å²) in [6.07, 6.45) is 1.38. The fourth-order valence-electron chi connectivity index (χ4n) is 3.74. The van der Waals surface area contributed by atoms with Crippen LogP contribution in [0.25, 0.3) is 0 Å². The van der Waals surface area contributed by atoms with Gasteiger partial charge in [0, 0.05) is 24.7 Å². The Hall–Kier alpha value is -1.76. The second-order valence-electron chi connectivity index (χ2n) is 10.6. The van der Waals surface area contributed by atoms with Crippen molar-refractivity contribution >= 4 is 13.4 Å². The van der Waals surface area contributed by atoms with E-state index in [4.69, 9.17) is 18.7 Å². The van der Waals surface area contributed by atoms with Crippen LogP contribution in [0.2, 0.25) is 0 Å². The number of ether oxygens (including phenoxy) is 3. The SMILES string of the molecule is COc1cc(C(=O)NC2CCN(P(=O)(OCC(C)(C)C)C(C)(C)C)CC2)cc(OC)c1OC. The summed E-state index contributed by atoms with van der Waals surface area (Å²) in [7, 11) is 1.51. The zero-order valence-corrected chi connectivity index (χ0v) is 22.5. The number of nitrogens with zero attached hydrogens (tertiary/aromatic N) is 1. The highest BCUT2D eigenvalue weighted by Gasteiger charge is 2.45. The Morgan fingerprint density at radius 1 is 1.00 bits per heavy atom. The van der Waals surface area contributed by atoms with E-state index in [1.54, 1.807) is 12.1 Å². The quantitative estimate of drug-likeness (QED) is 0.522. The lowest BCUT2D eigenvalue weighted by Gasteiger charge is -2.43. The molecule has 1 aliphatic heterocycles. The molecule has 2 rings (SSSR count). The minimum Gasteiger partial charge on any atom is -0.493 e. The summed E-state index contributed by atoms with van der Waals surface area (Å²) in [5, 5.41) is 2.60. The Balaban J connectivity index is 2.09. The molecule has 0 aromatic heterocycles. The fraction of sp³-hybridized carbons (Fsp3) is 0.708. The molecule has 0 bridgehead atoms. The molecule has 1 saturated heterocycles. The smallest absolute Gasteiger partial charge is 0.277 e. The molecule has 9 heteroatoms. The van der Waals surface area contributed by atoms with Gasteiger partial charge >= 0.3 is 0 Å². The summed E-state index contributed by atoms with van der Waals surface area (Å²) >= 11 is 0. The maximum Gasteiger partial charge on any atom is 0.277 e. The number of carbonyl (C=O) groups excluding carboxylic acids is 1. The predicted molar refractivity (Wildman–Crippen MR) is 131 cm³/mol. The third-order valence-corrected chi connectivity index (χ3v) is 8.95. The largest absolute Gasteiger partial charge is 0.493 e. The number of piperidine rings is 1. The summed E-state index contributed by atoms with van der Waals surface area (Å²) < 4.78 is 38.1. The number of benzene rings is 1. The lowest BCUT2D eigenvalue weighted by Crippen LogP contribution is -2.45. The van der Waals surface area contributed by atoms with E-state index < -0.39 is 12.7 Å². The summed E-state index contributed by atoms with van der Waals surface area (Å²) in [5.74, 6) is 1.09. The first-order valence-corrected chi connectivity index (χ1v) is 12.9. The Morgan fingerprint density at radius 3 is 1.91 bits per heavy atom. The number of amides is 1. The highest BCUT2D eigenvalue weighted by molar-refractivity contribution is 7.58. The molecule has 1 aliphatic rings. The van der Waals surface area contributed by atoms with Crippen molar-refractivity contribution in [2.24, 2.45) is 5.41 Å². The first-order valence-electron chi connectivity index (χ1n) is 11.4. The van der Waals surface area contributed by atoms with Gasteiger partial charge in [0.2, 0.25) is 5.75 Å². The molecule has 188 valence electrons. The zero-order valence-electron chi connectivity index (χ0n) is 21.6. The van der Waals surface area contributed by atoms with E-state index in [1.165, 1.54) is 21.3 Å². The van der Waals surface area contributed by atoms with Crippen LogP contribution in [-0.4, -0.2) is 62.8 Å². The molecule has 1 aromatic rings. The maximum atomic E-state index is 14.0. The normalized spacial score (nSPS) is 17.8. The van der Waals surface area contributed by atoms with Gasteiger partial charge in [0.25, 0.3) is 13.4 Å². The van der Waals surface area contributed by atoms with Gasteiger partial charge in [-0.3, -0.25) is 9.36 Å². The van der Waals surface area contributed by atoms with Gasteiger partial charge in [-0.15, -0.1) is 0 Å². The van der Waals surface area contributed by atoms with Crippen LogP contribution >= 0.6 is 7.52 Å². The molecule has 1 fully saturated rings. The van der Waals surface area contributed by atoms with Gasteiger partial charge in [0.05, 0.1) is 33.1 Å². The number of methoxy groups -OCH3 is 3. The Bertz CT molecular complexity index is 842. The molecule has 0 radical (unpaired) electrons. The standard InChI is InChI=1S/C24H41N2O6P/c1-23(2,3)16-32-33(28,24(4,5)6)26-12-10-18(11-13-26)25-22(27)17-14-19(29-7)21(31-9)20(15-17)30-8/h14-15,18H,10-13,16H2,1-9H3,(H,25,27). The minimum atomic E-state index is -3.05. The molecule has 0 spiro atoms. The summed E-state index contributed by atoms with van der Waals surface area (Å²) in [6, 6.07) is 3.25. The van der Waals surface area contributed by atoms with E-state index in [9.17, 15) is 9.36 Å². The van der Waals surface area contributed by atoms with Crippen LogP contribution in [0.15, 0.2) is 12.1 Å². The van der Waals surface area contributed by atoms with Gasteiger partial charge in [-0.05, 0) is 51.2 Å². The van der Waals surface area contributed by atoms with Crippen LogP contribution in [0.5, 0.6) is 17.2 Å². The molecule has 1 N–H and O–H groups in total. The van der Waals surface area contributed by atoms with Gasteiger partial charge < -0.3 is 24.1 Å². The van der Waals surface area contributed by atoms with Crippen molar-refractivity contribution in [1.82, 2.24) is 9.99 Å². The number of carbonyl (C=O) groups is 1. The molecule has 1 atom stereocenters. The topological polar surface area (TPSA) is 86.3 Å². The fourth-order valence-corrected chi connectivity index (χ4v) is 6.45. The molecule has 1 heterocycles. The maximum absolute atomic E-state index is 14.0. The third kappa shape index (κ3) is 6.65. The van der Waals surface area contributed by atoms with Crippen LogP contribution in [0.3, 0.4) is 0 Å². The molecule has 1 amide bonds. The number of hydrogen-bond donors (Lipinski definition) is 1. The molecular formula is C24H41N2O6P. The van der Waals surface area contributed by atoms with E-state index in [0.717, 1.165) is 0 Å². The van der Waals surface area contributed by atoms with Crippen molar-refractivity contribution in [3.63, 3.8) is 0 Å². The van der Waals surface area contributed by atoms with Gasteiger partial charge in [0.15, 0.2) is 11.5 Å². The molecular weight excluding hydrogens is 443 g/mol. The average molecular weight is 485 g/mol. The average Bonchev–Trinajstić information content (AvgIpc) is 2.75. The van der Waals surface area contributed by atoms with Crippen molar-refractivity contribution < 1.29 is 28.1 Å². The zero-order chi connectivity index (χ0) is 25.0. The molecule has 0 saturated carbocycles. The second-order valence-corrected chi connectivity index (χ2v) is 13.8. The van der Waals surface area contributed by atoms with Crippen LogP contribution in [0.1, 0.15) is 64.7 Å². The van der Waals surface area contributed by atoms with E-state index in [1.807, 2.05) is 25.4 Å². The van der Waals surface area contributed by atoms with Crippen molar-refractivity contribution in [3.05, 3.63) is 17.7 Å².